The van der Waals surface area contributed by atoms with Crippen LogP contribution in [0.1, 0.15) is 29.6 Å². The lowest BCUT2D eigenvalue weighted by Crippen LogP contribution is -2.28. The summed E-state index contributed by atoms with van der Waals surface area (Å²) in [4.78, 5) is 12.1. The molecular formula is C14H17N3O2. The molecule has 0 saturated heterocycles. The number of aliphatic hydroxyl groups is 1. The van der Waals surface area contributed by atoms with Crippen molar-refractivity contribution in [2.24, 2.45) is 5.92 Å². The van der Waals surface area contributed by atoms with Gasteiger partial charge in [0.15, 0.2) is 0 Å². The molecule has 1 fully saturated rings. The zero-order valence-electron chi connectivity index (χ0n) is 10.6. The van der Waals surface area contributed by atoms with Crippen molar-refractivity contribution in [3.05, 3.63) is 36.2 Å². The molecule has 0 radical (unpaired) electrons. The van der Waals surface area contributed by atoms with E-state index in [1.54, 1.807) is 10.7 Å². The molecule has 1 saturated carbocycles. The van der Waals surface area contributed by atoms with E-state index in [0.717, 1.165) is 24.8 Å². The minimum atomic E-state index is -0.195. The van der Waals surface area contributed by atoms with E-state index in [0.29, 0.717) is 18.0 Å². The third-order valence-electron chi connectivity index (χ3n) is 3.74. The van der Waals surface area contributed by atoms with Crippen LogP contribution in [-0.4, -0.2) is 33.3 Å². The number of hydrogen-bond acceptors (Lipinski definition) is 3. The number of nitrogens with one attached hydrogen (secondary N) is 1. The second-order valence-electron chi connectivity index (χ2n) is 5.13. The van der Waals surface area contributed by atoms with Crippen molar-refractivity contribution in [2.45, 2.75) is 25.4 Å². The standard InChI is InChI=1S/C14H17N3O2/c18-11-5-4-10(7-11)8-15-14(19)12-9-16-17-6-2-1-3-13(12)17/h1-3,6,9-11,18H,4-5,7-8H2,(H,15,19). The first-order valence-corrected chi connectivity index (χ1v) is 6.62. The number of rotatable bonds is 3. The van der Waals surface area contributed by atoms with Gasteiger partial charge in [0.25, 0.3) is 5.91 Å². The monoisotopic (exact) mass is 259 g/mol. The molecule has 2 N–H and O–H groups in total. The maximum atomic E-state index is 12.1. The molecule has 1 aliphatic carbocycles. The predicted molar refractivity (Wildman–Crippen MR) is 70.9 cm³/mol. The summed E-state index contributed by atoms with van der Waals surface area (Å²) in [5.41, 5.74) is 1.41. The maximum Gasteiger partial charge on any atom is 0.255 e. The molecule has 19 heavy (non-hydrogen) atoms. The minimum Gasteiger partial charge on any atom is -0.393 e. The highest BCUT2D eigenvalue weighted by Crippen LogP contribution is 2.24. The third kappa shape index (κ3) is 2.46. The quantitative estimate of drug-likeness (QED) is 0.871. The Hall–Kier alpha value is -1.88. The van der Waals surface area contributed by atoms with Crippen LogP contribution < -0.4 is 5.32 Å². The van der Waals surface area contributed by atoms with Crippen molar-refractivity contribution in [2.75, 3.05) is 6.54 Å². The van der Waals surface area contributed by atoms with Gasteiger partial charge < -0.3 is 10.4 Å². The van der Waals surface area contributed by atoms with Crippen molar-refractivity contribution in [3.63, 3.8) is 0 Å². The van der Waals surface area contributed by atoms with Crippen LogP contribution in [0, 0.1) is 5.92 Å². The minimum absolute atomic E-state index is 0.0948. The van der Waals surface area contributed by atoms with Crippen LogP contribution in [0.25, 0.3) is 5.52 Å². The van der Waals surface area contributed by atoms with E-state index in [9.17, 15) is 9.90 Å². The number of aromatic nitrogens is 2. The maximum absolute atomic E-state index is 12.1. The van der Waals surface area contributed by atoms with E-state index in [1.165, 1.54) is 0 Å². The molecule has 5 heteroatoms. The second-order valence-corrected chi connectivity index (χ2v) is 5.13. The Morgan fingerprint density at radius 3 is 3.16 bits per heavy atom. The van der Waals surface area contributed by atoms with Crippen molar-refractivity contribution in [3.8, 4) is 0 Å². The van der Waals surface area contributed by atoms with Crippen LogP contribution >= 0.6 is 0 Å². The van der Waals surface area contributed by atoms with E-state index in [-0.39, 0.29) is 12.0 Å². The normalized spacial score (nSPS) is 22.8. The molecule has 2 heterocycles. The number of pyridine rings is 1. The van der Waals surface area contributed by atoms with Crippen LogP contribution in [0.3, 0.4) is 0 Å². The Balaban J connectivity index is 1.67. The Labute approximate surface area is 111 Å². The fourth-order valence-corrected chi connectivity index (χ4v) is 2.68. The average molecular weight is 259 g/mol. The van der Waals surface area contributed by atoms with Crippen molar-refractivity contribution >= 4 is 11.4 Å². The first kappa shape index (κ1) is 12.2. The van der Waals surface area contributed by atoms with Gasteiger partial charge in [0.1, 0.15) is 0 Å². The van der Waals surface area contributed by atoms with E-state index >= 15 is 0 Å². The Morgan fingerprint density at radius 2 is 2.37 bits per heavy atom. The predicted octanol–water partition coefficient (Wildman–Crippen LogP) is 1.23. The molecule has 0 aliphatic heterocycles. The van der Waals surface area contributed by atoms with Crippen molar-refractivity contribution in [1.82, 2.24) is 14.9 Å². The summed E-state index contributed by atoms with van der Waals surface area (Å²) in [7, 11) is 0. The third-order valence-corrected chi connectivity index (χ3v) is 3.74. The number of hydrogen-bond donors (Lipinski definition) is 2. The van der Waals surface area contributed by atoms with Gasteiger partial charge in [-0.1, -0.05) is 6.07 Å². The molecule has 5 nitrogen and oxygen atoms in total. The molecule has 2 atom stereocenters. The molecular weight excluding hydrogens is 242 g/mol. The molecule has 0 spiro atoms. The van der Waals surface area contributed by atoms with E-state index in [4.69, 9.17) is 0 Å². The molecule has 3 rings (SSSR count). The van der Waals surface area contributed by atoms with Crippen LogP contribution in [0.2, 0.25) is 0 Å². The van der Waals surface area contributed by atoms with Crippen LogP contribution in [0.4, 0.5) is 0 Å². The Bertz CT molecular complexity index is 593. The highest BCUT2D eigenvalue weighted by atomic mass is 16.3. The lowest BCUT2D eigenvalue weighted by molar-refractivity contribution is 0.0946. The average Bonchev–Trinajstić information content (AvgIpc) is 3.02. The second kappa shape index (κ2) is 5.01. The first-order chi connectivity index (χ1) is 9.24. The lowest BCUT2D eigenvalue weighted by Gasteiger charge is -2.10. The first-order valence-electron chi connectivity index (χ1n) is 6.62. The molecule has 2 aromatic rings. The summed E-state index contributed by atoms with van der Waals surface area (Å²) in [6.45, 7) is 0.625. The van der Waals surface area contributed by atoms with Crippen molar-refractivity contribution < 1.29 is 9.90 Å². The summed E-state index contributed by atoms with van der Waals surface area (Å²) in [5.74, 6) is 0.295. The molecule has 1 amide bonds. The van der Waals surface area contributed by atoms with Crippen molar-refractivity contribution in [1.29, 1.82) is 0 Å². The summed E-state index contributed by atoms with van der Waals surface area (Å²) in [6, 6.07) is 5.64. The van der Waals surface area contributed by atoms with Crippen LogP contribution in [0.5, 0.6) is 0 Å². The van der Waals surface area contributed by atoms with Gasteiger partial charge in [0, 0.05) is 12.7 Å². The number of nitrogens with zero attached hydrogens (tertiary/aromatic N) is 2. The molecule has 0 aromatic carbocycles. The molecule has 100 valence electrons. The van der Waals surface area contributed by atoms with Gasteiger partial charge in [-0.25, -0.2) is 4.52 Å². The molecule has 0 bridgehead atoms. The lowest BCUT2D eigenvalue weighted by atomic mass is 10.1. The molecule has 1 aliphatic rings. The topological polar surface area (TPSA) is 66.6 Å². The number of carbonyl (C=O) groups is 1. The summed E-state index contributed by atoms with van der Waals surface area (Å²) in [5, 5.41) is 16.5. The largest absolute Gasteiger partial charge is 0.393 e. The fraction of sp³-hybridized carbons (Fsp3) is 0.429. The summed E-state index contributed by atoms with van der Waals surface area (Å²) >= 11 is 0. The Morgan fingerprint density at radius 1 is 1.47 bits per heavy atom. The van der Waals surface area contributed by atoms with Crippen LogP contribution in [0.15, 0.2) is 30.6 Å². The summed E-state index contributed by atoms with van der Waals surface area (Å²) < 4.78 is 1.69. The van der Waals surface area contributed by atoms with Gasteiger partial charge in [-0.05, 0) is 37.3 Å². The highest BCUT2D eigenvalue weighted by Gasteiger charge is 2.23. The number of carbonyl (C=O) groups excluding carboxylic acids is 1. The summed E-state index contributed by atoms with van der Waals surface area (Å²) in [6.07, 6.45) is 5.83. The van der Waals surface area contributed by atoms with E-state index < -0.39 is 0 Å². The van der Waals surface area contributed by atoms with Crippen LogP contribution in [-0.2, 0) is 0 Å². The highest BCUT2D eigenvalue weighted by molar-refractivity contribution is 6.00. The van der Waals surface area contributed by atoms with Gasteiger partial charge >= 0.3 is 0 Å². The van der Waals surface area contributed by atoms with Gasteiger partial charge in [-0.15, -0.1) is 0 Å². The fourth-order valence-electron chi connectivity index (χ4n) is 2.68. The smallest absolute Gasteiger partial charge is 0.255 e. The number of fused-ring (bicyclic) bond motifs is 1. The molecule has 2 unspecified atom stereocenters. The molecule has 2 aromatic heterocycles. The van der Waals surface area contributed by atoms with E-state index in [1.807, 2.05) is 24.4 Å². The SMILES string of the molecule is O=C(NCC1CCC(O)C1)c1cnn2ccccc12. The zero-order valence-corrected chi connectivity index (χ0v) is 10.6. The number of aliphatic hydroxyl groups excluding tert-OH is 1. The number of amides is 1. The van der Waals surface area contributed by atoms with Gasteiger partial charge in [-0.3, -0.25) is 4.79 Å². The van der Waals surface area contributed by atoms with Gasteiger partial charge in [0.2, 0.25) is 0 Å². The van der Waals surface area contributed by atoms with E-state index in [2.05, 4.69) is 10.4 Å². The van der Waals surface area contributed by atoms with Gasteiger partial charge in [-0.2, -0.15) is 5.10 Å². The Kier molecular flexibility index (Phi) is 3.21. The zero-order chi connectivity index (χ0) is 13.2. The van der Waals surface area contributed by atoms with Gasteiger partial charge in [0.05, 0.1) is 23.4 Å².